The highest BCUT2D eigenvalue weighted by Crippen LogP contribution is 2.52. The Kier molecular flexibility index (Phi) is 6.93. The standard InChI is InChI=1S/C27H34N4O8/c1-26(2,3)29-10-17(33)30-14-9-15(31(4)5)13-7-11-6-12-8-16(32)20(25(28)38)24(37)27(12,39)23(36)18(11)22(35)19(13)21(14)34/h9,11-12,18,20,29,34,39H,6-8,10H2,1-5H3,(H2,28,38)(H,30,33)/t11-,12+,18?,20?,27+/m1/s1. The number of carbonyl (C=O) groups excluding carboxylic acids is 6. The zero-order valence-corrected chi connectivity index (χ0v) is 22.6. The smallest absolute Gasteiger partial charge is 0.238 e. The van der Waals surface area contributed by atoms with Gasteiger partial charge in [0.05, 0.1) is 23.7 Å². The number of hydrogen-bond donors (Lipinski definition) is 5. The Balaban J connectivity index is 1.76. The molecule has 5 atom stereocenters. The monoisotopic (exact) mass is 542 g/mol. The lowest BCUT2D eigenvalue weighted by atomic mass is 9.53. The largest absolute Gasteiger partial charge is 0.505 e. The molecule has 0 bridgehead atoms. The number of nitrogens with one attached hydrogen (secondary N) is 2. The number of hydrogen-bond acceptors (Lipinski definition) is 10. The fourth-order valence-electron chi connectivity index (χ4n) is 6.05. The molecule has 2 saturated carbocycles. The molecule has 2 fully saturated rings. The summed E-state index contributed by atoms with van der Waals surface area (Å²) < 4.78 is 0. The summed E-state index contributed by atoms with van der Waals surface area (Å²) in [6.45, 7) is 5.58. The van der Waals surface area contributed by atoms with E-state index in [0.717, 1.165) is 0 Å². The van der Waals surface area contributed by atoms with Crippen molar-refractivity contribution in [2.24, 2.45) is 29.4 Å². The molecule has 0 aliphatic heterocycles. The van der Waals surface area contributed by atoms with Crippen LogP contribution in [0.3, 0.4) is 0 Å². The second kappa shape index (κ2) is 9.53. The number of carbonyl (C=O) groups is 6. The second-order valence-corrected chi connectivity index (χ2v) is 11.9. The van der Waals surface area contributed by atoms with Crippen molar-refractivity contribution in [1.29, 1.82) is 0 Å². The van der Waals surface area contributed by atoms with Gasteiger partial charge in [0.2, 0.25) is 11.8 Å². The van der Waals surface area contributed by atoms with Gasteiger partial charge in [0, 0.05) is 37.7 Å². The molecule has 0 radical (unpaired) electrons. The SMILES string of the molecule is CN(C)c1cc(NC(=O)CNC(C)(C)C)c(O)c2c1C[C@H]1C[C@H]3CC(=O)C(C(N)=O)C(=O)[C@@]3(O)C(=O)C1C2=O. The zero-order chi connectivity index (χ0) is 29.2. The molecule has 0 aromatic heterocycles. The van der Waals surface area contributed by atoms with Gasteiger partial charge in [-0.2, -0.15) is 0 Å². The minimum atomic E-state index is -2.72. The Morgan fingerprint density at radius 1 is 1.13 bits per heavy atom. The molecule has 12 heteroatoms. The summed E-state index contributed by atoms with van der Waals surface area (Å²) in [4.78, 5) is 79.2. The number of phenols is 1. The minimum Gasteiger partial charge on any atom is -0.505 e. The molecule has 4 rings (SSSR count). The molecule has 1 aromatic carbocycles. The molecular weight excluding hydrogens is 508 g/mol. The molecule has 6 N–H and O–H groups in total. The fourth-order valence-corrected chi connectivity index (χ4v) is 6.05. The molecule has 210 valence electrons. The summed E-state index contributed by atoms with van der Waals surface area (Å²) in [5.74, 6) is -11.4. The van der Waals surface area contributed by atoms with Gasteiger partial charge >= 0.3 is 0 Å². The van der Waals surface area contributed by atoms with Crippen LogP contribution in [0.1, 0.15) is 49.5 Å². The molecule has 2 unspecified atom stereocenters. The van der Waals surface area contributed by atoms with Crippen LogP contribution in [-0.2, 0) is 30.4 Å². The Morgan fingerprint density at radius 3 is 2.33 bits per heavy atom. The number of rotatable bonds is 5. The normalized spacial score (nSPS) is 28.4. The number of primary amides is 1. The van der Waals surface area contributed by atoms with Gasteiger partial charge in [-0.3, -0.25) is 28.8 Å². The zero-order valence-electron chi connectivity index (χ0n) is 22.6. The third kappa shape index (κ3) is 4.61. The van der Waals surface area contributed by atoms with Crippen LogP contribution < -0.4 is 21.3 Å². The summed E-state index contributed by atoms with van der Waals surface area (Å²) in [5, 5.41) is 28.1. The fraction of sp³-hybridized carbons (Fsp3) is 0.556. The van der Waals surface area contributed by atoms with E-state index < -0.39 is 76.4 Å². The van der Waals surface area contributed by atoms with Gasteiger partial charge in [0.1, 0.15) is 5.75 Å². The van der Waals surface area contributed by atoms with Crippen molar-refractivity contribution in [2.45, 2.75) is 51.2 Å². The van der Waals surface area contributed by atoms with Gasteiger partial charge in [-0.25, -0.2) is 0 Å². The average molecular weight is 543 g/mol. The van der Waals surface area contributed by atoms with Crippen LogP contribution in [0.25, 0.3) is 0 Å². The molecule has 0 saturated heterocycles. The van der Waals surface area contributed by atoms with E-state index >= 15 is 0 Å². The first-order valence-corrected chi connectivity index (χ1v) is 12.8. The number of Topliss-reactive ketones (excluding diaryl/α,β-unsaturated/α-hetero) is 4. The van der Waals surface area contributed by atoms with Gasteiger partial charge in [0.25, 0.3) is 0 Å². The molecular formula is C27H34N4O8. The van der Waals surface area contributed by atoms with Crippen LogP contribution in [0.2, 0.25) is 0 Å². The predicted molar refractivity (Wildman–Crippen MR) is 139 cm³/mol. The first-order chi connectivity index (χ1) is 18.0. The maximum Gasteiger partial charge on any atom is 0.238 e. The van der Waals surface area contributed by atoms with E-state index in [1.807, 2.05) is 20.8 Å². The molecule has 2 amide bonds. The third-order valence-electron chi connectivity index (χ3n) is 7.91. The lowest BCUT2D eigenvalue weighted by Gasteiger charge is -2.48. The summed E-state index contributed by atoms with van der Waals surface area (Å²) in [6.07, 6.45) is -0.247. The van der Waals surface area contributed by atoms with Crippen LogP contribution in [0.4, 0.5) is 11.4 Å². The van der Waals surface area contributed by atoms with Crippen LogP contribution in [0.5, 0.6) is 5.75 Å². The van der Waals surface area contributed by atoms with Crippen molar-refractivity contribution in [1.82, 2.24) is 5.32 Å². The van der Waals surface area contributed by atoms with Crippen molar-refractivity contribution >= 4 is 46.3 Å². The van der Waals surface area contributed by atoms with E-state index in [0.29, 0.717) is 11.3 Å². The van der Waals surface area contributed by atoms with E-state index in [2.05, 4.69) is 10.6 Å². The summed E-state index contributed by atoms with van der Waals surface area (Å²) in [7, 11) is 3.45. The van der Waals surface area contributed by atoms with E-state index in [1.54, 1.807) is 25.1 Å². The maximum atomic E-state index is 13.8. The predicted octanol–water partition coefficient (Wildman–Crippen LogP) is -0.280. The number of nitrogens with two attached hydrogens (primary N) is 1. The first-order valence-electron chi connectivity index (χ1n) is 12.8. The third-order valence-corrected chi connectivity index (χ3v) is 7.91. The van der Waals surface area contributed by atoms with Crippen LogP contribution >= 0.6 is 0 Å². The van der Waals surface area contributed by atoms with Gasteiger partial charge in [-0.1, -0.05) is 0 Å². The van der Waals surface area contributed by atoms with E-state index in [-0.39, 0.29) is 36.2 Å². The topological polar surface area (TPSA) is 196 Å². The average Bonchev–Trinajstić information content (AvgIpc) is 2.80. The number of ketones is 4. The van der Waals surface area contributed by atoms with Crippen LogP contribution in [-0.4, -0.2) is 76.9 Å². The van der Waals surface area contributed by atoms with Gasteiger partial charge < -0.3 is 31.5 Å². The van der Waals surface area contributed by atoms with Crippen LogP contribution in [0, 0.1) is 23.7 Å². The molecule has 0 spiro atoms. The highest BCUT2D eigenvalue weighted by Gasteiger charge is 2.66. The summed E-state index contributed by atoms with van der Waals surface area (Å²) in [5.41, 5.74) is 2.94. The number of aliphatic hydroxyl groups is 1. The second-order valence-electron chi connectivity index (χ2n) is 11.9. The number of anilines is 2. The Labute approximate surface area is 225 Å². The van der Waals surface area contributed by atoms with E-state index in [9.17, 15) is 39.0 Å². The molecule has 0 heterocycles. The number of fused-ring (bicyclic) bond motifs is 3. The number of benzene rings is 1. The Morgan fingerprint density at radius 2 is 1.77 bits per heavy atom. The maximum absolute atomic E-state index is 13.8. The van der Waals surface area contributed by atoms with Crippen LogP contribution in [0.15, 0.2) is 6.07 Å². The van der Waals surface area contributed by atoms with Crippen molar-refractivity contribution in [3.8, 4) is 5.75 Å². The van der Waals surface area contributed by atoms with Crippen molar-refractivity contribution in [3.63, 3.8) is 0 Å². The van der Waals surface area contributed by atoms with Crippen molar-refractivity contribution in [2.75, 3.05) is 30.9 Å². The van der Waals surface area contributed by atoms with Crippen molar-refractivity contribution in [3.05, 3.63) is 17.2 Å². The highest BCUT2D eigenvalue weighted by atomic mass is 16.3. The molecule has 1 aromatic rings. The minimum absolute atomic E-state index is 0.00559. The highest BCUT2D eigenvalue weighted by molar-refractivity contribution is 6.31. The summed E-state index contributed by atoms with van der Waals surface area (Å²) in [6, 6.07) is 1.54. The molecule has 39 heavy (non-hydrogen) atoms. The quantitative estimate of drug-likeness (QED) is 0.244. The van der Waals surface area contributed by atoms with E-state index in [1.165, 1.54) is 0 Å². The van der Waals surface area contributed by atoms with Gasteiger partial charge in [0.15, 0.2) is 34.7 Å². The number of amides is 2. The van der Waals surface area contributed by atoms with Crippen molar-refractivity contribution < 1.29 is 39.0 Å². The Bertz CT molecular complexity index is 1310. The summed E-state index contributed by atoms with van der Waals surface area (Å²) >= 11 is 0. The lowest BCUT2D eigenvalue weighted by molar-refractivity contribution is -0.175. The number of phenolic OH excluding ortho intramolecular Hbond substituents is 1. The molecule has 3 aliphatic carbocycles. The molecule has 12 nitrogen and oxygen atoms in total. The Hall–Kier alpha value is -3.64. The molecule has 3 aliphatic rings. The number of aromatic hydroxyl groups is 1. The van der Waals surface area contributed by atoms with Gasteiger partial charge in [-0.05, 0) is 51.2 Å². The van der Waals surface area contributed by atoms with E-state index in [4.69, 9.17) is 5.73 Å². The lowest BCUT2D eigenvalue weighted by Crippen LogP contribution is -2.68. The number of nitrogens with zero attached hydrogens (tertiary/aromatic N) is 1. The first kappa shape index (κ1) is 28.4. The van der Waals surface area contributed by atoms with Gasteiger partial charge in [-0.15, -0.1) is 0 Å².